The van der Waals surface area contributed by atoms with Crippen molar-refractivity contribution >= 4 is 17.7 Å². The Labute approximate surface area is 226 Å². The largest absolute Gasteiger partial charge is 0.456 e. The Balaban J connectivity index is 1.32. The van der Waals surface area contributed by atoms with Crippen LogP contribution < -0.4 is 0 Å². The topological polar surface area (TPSA) is 102 Å². The molecule has 1 saturated heterocycles. The minimum Gasteiger partial charge on any atom is -0.456 e. The predicted molar refractivity (Wildman–Crippen MR) is 138 cm³/mol. The summed E-state index contributed by atoms with van der Waals surface area (Å²) < 4.78 is 33.3. The lowest BCUT2D eigenvalue weighted by atomic mass is 9.48. The normalized spacial score (nSPS) is 41.4. The molecule has 1 spiro atoms. The van der Waals surface area contributed by atoms with Gasteiger partial charge in [-0.2, -0.15) is 0 Å². The molecular weight excluding hydrogens is 503 g/mol. The second-order valence-corrected chi connectivity index (χ2v) is 12.3. The number of carbonyl (C=O) groups excluding carboxylic acids is 3. The van der Waals surface area contributed by atoms with Crippen molar-refractivity contribution in [2.45, 2.75) is 64.3 Å². The lowest BCUT2D eigenvalue weighted by Crippen LogP contribution is -2.62. The van der Waals surface area contributed by atoms with E-state index in [0.717, 1.165) is 0 Å². The second-order valence-electron chi connectivity index (χ2n) is 12.3. The van der Waals surface area contributed by atoms with E-state index in [2.05, 4.69) is 0 Å². The average molecular weight is 537 g/mol. The van der Waals surface area contributed by atoms with Crippen LogP contribution in [0, 0.1) is 28.6 Å². The number of carbonyl (C=O) groups is 3. The van der Waals surface area contributed by atoms with Gasteiger partial charge in [0.2, 0.25) is 0 Å². The Morgan fingerprint density at radius 3 is 2.56 bits per heavy atom. The van der Waals surface area contributed by atoms with Crippen molar-refractivity contribution in [2.75, 3.05) is 6.61 Å². The highest BCUT2D eigenvalue weighted by Crippen LogP contribution is 2.76. The van der Waals surface area contributed by atoms with E-state index in [4.69, 9.17) is 14.2 Å². The molecule has 0 aromatic heterocycles. The Morgan fingerprint density at radius 1 is 1.15 bits per heavy atom. The summed E-state index contributed by atoms with van der Waals surface area (Å²) in [6.45, 7) is 6.57. The maximum atomic E-state index is 16.0. The van der Waals surface area contributed by atoms with Crippen LogP contribution in [0.2, 0.25) is 0 Å². The third kappa shape index (κ3) is 3.37. The summed E-state index contributed by atoms with van der Waals surface area (Å²) in [6, 6.07) is 8.62. The van der Waals surface area contributed by atoms with Gasteiger partial charge in [0, 0.05) is 23.2 Å². The van der Waals surface area contributed by atoms with Crippen molar-refractivity contribution in [1.29, 1.82) is 0 Å². The maximum Gasteiger partial charge on any atom is 0.343 e. The van der Waals surface area contributed by atoms with Gasteiger partial charge in [0.15, 0.2) is 11.4 Å². The van der Waals surface area contributed by atoms with E-state index < -0.39 is 46.5 Å². The zero-order chi connectivity index (χ0) is 28.0. The predicted octanol–water partition coefficient (Wildman–Crippen LogP) is 4.61. The summed E-state index contributed by atoms with van der Waals surface area (Å²) >= 11 is 0. The maximum absolute atomic E-state index is 16.0. The Morgan fingerprint density at radius 2 is 1.87 bits per heavy atom. The zero-order valence-electron chi connectivity index (χ0n) is 22.5. The number of hydrogen-bond donors (Lipinski definition) is 1. The first-order chi connectivity index (χ1) is 18.4. The third-order valence-corrected chi connectivity index (χ3v) is 10.3. The lowest BCUT2D eigenvalue weighted by Gasteiger charge is -2.54. The molecule has 5 aliphatic rings. The van der Waals surface area contributed by atoms with E-state index in [1.807, 2.05) is 32.9 Å². The van der Waals surface area contributed by atoms with Gasteiger partial charge in [-0.05, 0) is 68.4 Å². The van der Waals surface area contributed by atoms with Crippen molar-refractivity contribution in [3.63, 3.8) is 0 Å². The van der Waals surface area contributed by atoms with E-state index in [9.17, 15) is 19.5 Å². The molecular formula is C31H33FO7. The second kappa shape index (κ2) is 8.45. The van der Waals surface area contributed by atoms with Gasteiger partial charge in [-0.25, -0.2) is 14.0 Å². The highest BCUT2D eigenvalue weighted by atomic mass is 19.1. The molecule has 1 aromatic carbocycles. The number of hydrogen-bond acceptors (Lipinski definition) is 7. The van der Waals surface area contributed by atoms with Gasteiger partial charge < -0.3 is 19.3 Å². The molecule has 0 amide bonds. The first-order valence-corrected chi connectivity index (χ1v) is 13.5. The molecule has 1 aromatic rings. The van der Waals surface area contributed by atoms with Crippen molar-refractivity contribution in [3.8, 4) is 0 Å². The number of fused-ring (bicyclic) bond motifs is 3. The molecule has 7 nitrogen and oxygen atoms in total. The van der Waals surface area contributed by atoms with E-state index in [1.54, 1.807) is 36.4 Å². The van der Waals surface area contributed by atoms with Crippen LogP contribution in [0.5, 0.6) is 0 Å². The smallest absolute Gasteiger partial charge is 0.343 e. The molecule has 1 aliphatic heterocycles. The number of ether oxygens (including phenoxy) is 3. The van der Waals surface area contributed by atoms with Crippen LogP contribution in [0.4, 0.5) is 4.39 Å². The molecule has 1 N–H and O–H groups in total. The number of esters is 2. The molecule has 3 fully saturated rings. The fourth-order valence-corrected chi connectivity index (χ4v) is 8.31. The number of epoxide rings is 1. The standard InChI is InChI=1S/C31H33FO7/c1-17-12-21-22-14-24(32)23-13-20(38-26(34)19-8-6-5-7-9-19)10-11-28(23,3)31(22)25(39-31)15-29(21,4)30(17,36)27(35)37-16-18(2)33/h5-11,13,17,21-22,25,36H,12,14-16H2,1-4H3/t17-,21?,22?,25?,28?,29?,30+,31?/m1/s1. The monoisotopic (exact) mass is 536 g/mol. The van der Waals surface area contributed by atoms with Crippen LogP contribution in [0.1, 0.15) is 57.3 Å². The van der Waals surface area contributed by atoms with Crippen LogP contribution >= 0.6 is 0 Å². The van der Waals surface area contributed by atoms with Gasteiger partial charge >= 0.3 is 11.9 Å². The number of aliphatic hydroxyl groups is 1. The molecule has 6 unspecified atom stereocenters. The summed E-state index contributed by atoms with van der Waals surface area (Å²) in [5.41, 5.74) is -3.39. The summed E-state index contributed by atoms with van der Waals surface area (Å²) in [7, 11) is 0. The van der Waals surface area contributed by atoms with E-state index in [0.29, 0.717) is 24.0 Å². The molecule has 0 radical (unpaired) electrons. The zero-order valence-corrected chi connectivity index (χ0v) is 22.5. The summed E-state index contributed by atoms with van der Waals surface area (Å²) in [5, 5.41) is 11.9. The molecule has 4 aliphatic carbocycles. The average Bonchev–Trinajstić information content (AvgIpc) is 3.59. The third-order valence-electron chi connectivity index (χ3n) is 10.3. The van der Waals surface area contributed by atoms with E-state index in [-0.39, 0.29) is 41.7 Å². The molecule has 8 atom stereocenters. The van der Waals surface area contributed by atoms with E-state index >= 15 is 4.39 Å². The summed E-state index contributed by atoms with van der Waals surface area (Å²) in [5.74, 6) is -2.60. The Hall–Kier alpha value is -3.10. The number of Topliss-reactive ketones (excluding diaryl/α,β-unsaturated/α-hetero) is 1. The minimum absolute atomic E-state index is 0.0945. The number of rotatable bonds is 5. The molecule has 8 heteroatoms. The molecule has 206 valence electrons. The van der Waals surface area contributed by atoms with Gasteiger partial charge in [-0.3, -0.25) is 4.79 Å². The highest BCUT2D eigenvalue weighted by Gasteiger charge is 2.82. The highest BCUT2D eigenvalue weighted by molar-refractivity contribution is 5.90. The fourth-order valence-electron chi connectivity index (χ4n) is 8.31. The van der Waals surface area contributed by atoms with Crippen molar-refractivity contribution in [2.24, 2.45) is 28.6 Å². The van der Waals surface area contributed by atoms with Crippen molar-refractivity contribution in [3.05, 3.63) is 71.3 Å². The molecule has 0 bridgehead atoms. The molecule has 2 saturated carbocycles. The first-order valence-electron chi connectivity index (χ1n) is 13.5. The minimum atomic E-state index is -1.81. The number of allylic oxidation sites excluding steroid dienone is 3. The van der Waals surface area contributed by atoms with Gasteiger partial charge in [-0.1, -0.05) is 38.1 Å². The molecule has 39 heavy (non-hydrogen) atoms. The fraction of sp³-hybridized carbons (Fsp3) is 0.516. The lowest BCUT2D eigenvalue weighted by molar-refractivity contribution is -0.190. The van der Waals surface area contributed by atoms with Gasteiger partial charge in [-0.15, -0.1) is 0 Å². The quantitative estimate of drug-likeness (QED) is 0.433. The molecule has 1 heterocycles. The van der Waals surface area contributed by atoms with Gasteiger partial charge in [0.05, 0.1) is 11.7 Å². The Bertz CT molecular complexity index is 1360. The number of benzene rings is 1. The van der Waals surface area contributed by atoms with Crippen LogP contribution in [-0.4, -0.2) is 46.7 Å². The van der Waals surface area contributed by atoms with Crippen LogP contribution in [0.15, 0.2) is 65.7 Å². The number of halogens is 1. The first kappa shape index (κ1) is 26.1. The van der Waals surface area contributed by atoms with Crippen LogP contribution in [0.3, 0.4) is 0 Å². The van der Waals surface area contributed by atoms with Crippen molar-refractivity contribution in [1.82, 2.24) is 0 Å². The SMILES string of the molecule is CC(=O)COC(=O)[C@@]1(O)[C@H](C)CC2C3CC(F)=C4C=C(OC(=O)c5ccccc5)C=CC4(C)C34OC4CC21C. The molecule has 6 rings (SSSR count). The number of ketones is 1. The van der Waals surface area contributed by atoms with Crippen LogP contribution in [0.25, 0.3) is 0 Å². The van der Waals surface area contributed by atoms with Gasteiger partial charge in [0.25, 0.3) is 0 Å². The van der Waals surface area contributed by atoms with Crippen LogP contribution in [-0.2, 0) is 23.8 Å². The van der Waals surface area contributed by atoms with Gasteiger partial charge in [0.1, 0.15) is 23.8 Å². The summed E-state index contributed by atoms with van der Waals surface area (Å²) in [6.07, 6.45) is 5.87. The van der Waals surface area contributed by atoms with E-state index in [1.165, 1.54) is 6.92 Å². The van der Waals surface area contributed by atoms with Crippen molar-refractivity contribution < 1.29 is 38.1 Å². The summed E-state index contributed by atoms with van der Waals surface area (Å²) in [4.78, 5) is 37.3. The Kier molecular flexibility index (Phi) is 5.66.